The lowest BCUT2D eigenvalue weighted by molar-refractivity contribution is -0.144. The van der Waals surface area contributed by atoms with Crippen molar-refractivity contribution in [3.8, 4) is 0 Å². The lowest BCUT2D eigenvalue weighted by Gasteiger charge is -2.22. The Bertz CT molecular complexity index is 557. The van der Waals surface area contributed by atoms with Gasteiger partial charge in [-0.2, -0.15) is 0 Å². The van der Waals surface area contributed by atoms with Crippen LogP contribution >= 0.6 is 0 Å². The van der Waals surface area contributed by atoms with Crippen LogP contribution in [0.4, 0.5) is 10.5 Å². The number of aromatic nitrogens is 1. The van der Waals surface area contributed by atoms with E-state index in [0.29, 0.717) is 18.7 Å². The molecule has 1 atom stereocenters. The van der Waals surface area contributed by atoms with Crippen molar-refractivity contribution in [1.82, 2.24) is 9.88 Å². The Labute approximate surface area is 120 Å². The molecule has 1 aromatic heterocycles. The first-order chi connectivity index (χ1) is 10.0. The average molecular weight is 293 g/mol. The van der Waals surface area contributed by atoms with Crippen LogP contribution in [0.2, 0.25) is 0 Å². The number of esters is 1. The number of carboxylic acids is 1. The van der Waals surface area contributed by atoms with Gasteiger partial charge in [0.25, 0.3) is 0 Å². The molecule has 21 heavy (non-hydrogen) atoms. The van der Waals surface area contributed by atoms with E-state index in [0.717, 1.165) is 6.42 Å². The van der Waals surface area contributed by atoms with Gasteiger partial charge in [0.2, 0.25) is 0 Å². The molecule has 1 aliphatic rings. The van der Waals surface area contributed by atoms with Gasteiger partial charge in [-0.3, -0.25) is 0 Å². The zero-order chi connectivity index (χ0) is 15.4. The summed E-state index contributed by atoms with van der Waals surface area (Å²) in [6.07, 6.45) is 2.55. The average Bonchev–Trinajstić information content (AvgIpc) is 2.96. The predicted octanol–water partition coefficient (Wildman–Crippen LogP) is 0.949. The lowest BCUT2D eigenvalue weighted by Crippen LogP contribution is -2.43. The highest BCUT2D eigenvalue weighted by atomic mass is 16.5. The Morgan fingerprint density at radius 2 is 2.19 bits per heavy atom. The second-order valence-electron chi connectivity index (χ2n) is 4.54. The second-order valence-corrected chi connectivity index (χ2v) is 4.54. The molecule has 1 aromatic rings. The van der Waals surface area contributed by atoms with Crippen molar-refractivity contribution in [2.75, 3.05) is 19.0 Å². The topological polar surface area (TPSA) is 109 Å². The van der Waals surface area contributed by atoms with Crippen LogP contribution in [0.3, 0.4) is 0 Å². The standard InChI is InChI=1S/C13H15N3O5/c1-21-12(19)10-3-2-6-16(10)13(20)15-8-4-5-9(11(17)18)14-7-8/h4-5,7,10H,2-3,6H2,1H3,(H,15,20)(H,17,18). The Balaban J connectivity index is 2.03. The number of ether oxygens (including phenoxy) is 1. The Kier molecular flexibility index (Phi) is 4.36. The van der Waals surface area contributed by atoms with Crippen molar-refractivity contribution in [2.24, 2.45) is 0 Å². The van der Waals surface area contributed by atoms with Gasteiger partial charge in [0, 0.05) is 6.54 Å². The van der Waals surface area contributed by atoms with Crippen molar-refractivity contribution in [3.63, 3.8) is 0 Å². The number of carbonyl (C=O) groups excluding carboxylic acids is 2. The fraction of sp³-hybridized carbons (Fsp3) is 0.385. The van der Waals surface area contributed by atoms with Gasteiger partial charge in [-0.15, -0.1) is 0 Å². The van der Waals surface area contributed by atoms with Crippen LogP contribution in [0.15, 0.2) is 18.3 Å². The van der Waals surface area contributed by atoms with E-state index in [9.17, 15) is 14.4 Å². The zero-order valence-electron chi connectivity index (χ0n) is 11.4. The van der Waals surface area contributed by atoms with Crippen molar-refractivity contribution in [1.29, 1.82) is 0 Å². The number of amides is 2. The zero-order valence-corrected chi connectivity index (χ0v) is 11.4. The largest absolute Gasteiger partial charge is 0.477 e. The van der Waals surface area contributed by atoms with E-state index >= 15 is 0 Å². The summed E-state index contributed by atoms with van der Waals surface area (Å²) in [5, 5.41) is 11.3. The van der Waals surface area contributed by atoms with Crippen LogP contribution in [-0.2, 0) is 9.53 Å². The first kappa shape index (κ1) is 14.8. The summed E-state index contributed by atoms with van der Waals surface area (Å²) < 4.78 is 4.67. The number of anilines is 1. The highest BCUT2D eigenvalue weighted by molar-refractivity contribution is 5.93. The first-order valence-electron chi connectivity index (χ1n) is 6.37. The molecule has 2 amide bonds. The summed E-state index contributed by atoms with van der Waals surface area (Å²) in [6.45, 7) is 0.465. The summed E-state index contributed by atoms with van der Waals surface area (Å²) in [5.74, 6) is -1.58. The molecule has 0 bridgehead atoms. The molecule has 1 unspecified atom stereocenters. The van der Waals surface area contributed by atoms with Gasteiger partial charge in [0.15, 0.2) is 0 Å². The van der Waals surface area contributed by atoms with Crippen LogP contribution in [0, 0.1) is 0 Å². The number of pyridine rings is 1. The third-order valence-corrected chi connectivity index (χ3v) is 3.22. The van der Waals surface area contributed by atoms with Crippen molar-refractivity contribution < 1.29 is 24.2 Å². The molecule has 0 aliphatic carbocycles. The predicted molar refractivity (Wildman–Crippen MR) is 72.0 cm³/mol. The van der Waals surface area contributed by atoms with E-state index in [1.165, 1.54) is 30.3 Å². The summed E-state index contributed by atoms with van der Waals surface area (Å²) in [5.41, 5.74) is 0.252. The van der Waals surface area contributed by atoms with Gasteiger partial charge in [-0.1, -0.05) is 0 Å². The van der Waals surface area contributed by atoms with Crippen molar-refractivity contribution in [3.05, 3.63) is 24.0 Å². The first-order valence-corrected chi connectivity index (χ1v) is 6.37. The molecule has 1 fully saturated rings. The fourth-order valence-electron chi connectivity index (χ4n) is 2.18. The van der Waals surface area contributed by atoms with Crippen LogP contribution < -0.4 is 5.32 Å². The molecule has 2 heterocycles. The van der Waals surface area contributed by atoms with Gasteiger partial charge in [-0.25, -0.2) is 19.4 Å². The molecular formula is C13H15N3O5. The van der Waals surface area contributed by atoms with Crippen LogP contribution in [-0.4, -0.2) is 52.7 Å². The molecule has 8 heteroatoms. The highest BCUT2D eigenvalue weighted by Gasteiger charge is 2.34. The fourth-order valence-corrected chi connectivity index (χ4v) is 2.18. The monoisotopic (exact) mass is 293 g/mol. The second kappa shape index (κ2) is 6.21. The number of hydrogen-bond donors (Lipinski definition) is 2. The SMILES string of the molecule is COC(=O)C1CCCN1C(=O)Nc1ccc(C(=O)O)nc1. The maximum Gasteiger partial charge on any atom is 0.354 e. The van der Waals surface area contributed by atoms with E-state index in [1.54, 1.807) is 0 Å². The van der Waals surface area contributed by atoms with E-state index < -0.39 is 24.0 Å². The molecule has 0 spiro atoms. The van der Waals surface area contributed by atoms with Gasteiger partial charge < -0.3 is 20.1 Å². The molecular weight excluding hydrogens is 278 g/mol. The van der Waals surface area contributed by atoms with E-state index in [1.807, 2.05) is 0 Å². The summed E-state index contributed by atoms with van der Waals surface area (Å²) >= 11 is 0. The van der Waals surface area contributed by atoms with Crippen molar-refractivity contribution in [2.45, 2.75) is 18.9 Å². The highest BCUT2D eigenvalue weighted by Crippen LogP contribution is 2.19. The molecule has 1 saturated heterocycles. The number of nitrogens with one attached hydrogen (secondary N) is 1. The molecule has 2 N–H and O–H groups in total. The van der Waals surface area contributed by atoms with E-state index in [2.05, 4.69) is 15.0 Å². The minimum Gasteiger partial charge on any atom is -0.477 e. The maximum absolute atomic E-state index is 12.1. The van der Waals surface area contributed by atoms with Crippen LogP contribution in [0.1, 0.15) is 23.3 Å². The number of rotatable bonds is 3. The number of carboxylic acid groups (broad SMARTS) is 1. The number of likely N-dealkylation sites (tertiary alicyclic amines) is 1. The van der Waals surface area contributed by atoms with E-state index in [-0.39, 0.29) is 5.69 Å². The number of nitrogens with zero attached hydrogens (tertiary/aromatic N) is 2. The molecule has 0 aromatic carbocycles. The Hall–Kier alpha value is -2.64. The van der Waals surface area contributed by atoms with Gasteiger partial charge >= 0.3 is 18.0 Å². The number of aromatic carboxylic acids is 1. The molecule has 2 rings (SSSR count). The van der Waals surface area contributed by atoms with Gasteiger partial charge in [-0.05, 0) is 25.0 Å². The van der Waals surface area contributed by atoms with Gasteiger partial charge in [0.1, 0.15) is 11.7 Å². The molecule has 112 valence electrons. The lowest BCUT2D eigenvalue weighted by atomic mass is 10.2. The third-order valence-electron chi connectivity index (χ3n) is 3.22. The smallest absolute Gasteiger partial charge is 0.354 e. The van der Waals surface area contributed by atoms with Crippen LogP contribution in [0.5, 0.6) is 0 Å². The molecule has 0 radical (unpaired) electrons. The number of urea groups is 1. The Morgan fingerprint density at radius 1 is 1.43 bits per heavy atom. The Morgan fingerprint density at radius 3 is 2.76 bits per heavy atom. The van der Waals surface area contributed by atoms with Crippen molar-refractivity contribution >= 4 is 23.7 Å². The molecule has 0 saturated carbocycles. The number of carbonyl (C=O) groups is 3. The van der Waals surface area contributed by atoms with Crippen LogP contribution in [0.25, 0.3) is 0 Å². The third kappa shape index (κ3) is 3.28. The van der Waals surface area contributed by atoms with Gasteiger partial charge in [0.05, 0.1) is 19.0 Å². The maximum atomic E-state index is 12.1. The van der Waals surface area contributed by atoms with E-state index in [4.69, 9.17) is 5.11 Å². The minimum atomic E-state index is -1.14. The minimum absolute atomic E-state index is 0.110. The number of hydrogen-bond acceptors (Lipinski definition) is 5. The number of methoxy groups -OCH3 is 1. The quantitative estimate of drug-likeness (QED) is 0.803. The summed E-state index contributed by atoms with van der Waals surface area (Å²) in [4.78, 5) is 39.5. The summed E-state index contributed by atoms with van der Waals surface area (Å²) in [7, 11) is 1.28. The summed E-state index contributed by atoms with van der Waals surface area (Å²) in [6, 6.07) is 1.71. The molecule has 8 nitrogen and oxygen atoms in total. The normalized spacial score (nSPS) is 17.4. The molecule has 1 aliphatic heterocycles.